The van der Waals surface area contributed by atoms with Crippen LogP contribution in [0.5, 0.6) is 0 Å². The van der Waals surface area contributed by atoms with Crippen LogP contribution >= 0.6 is 11.6 Å². The fourth-order valence-corrected chi connectivity index (χ4v) is 3.83. The molecular weight excluding hydrogens is 368 g/mol. The predicted octanol–water partition coefficient (Wildman–Crippen LogP) is 3.96. The highest BCUT2D eigenvalue weighted by Gasteiger charge is 2.28. The van der Waals surface area contributed by atoms with Gasteiger partial charge in [-0.25, -0.2) is 4.79 Å². The second kappa shape index (κ2) is 8.13. The molecule has 1 fully saturated rings. The number of carbonyl (C=O) groups is 2. The number of amides is 1. The Morgan fingerprint density at radius 1 is 1.26 bits per heavy atom. The third kappa shape index (κ3) is 4.33. The van der Waals surface area contributed by atoms with Crippen LogP contribution in [0.25, 0.3) is 11.3 Å². The largest absolute Gasteiger partial charge is 0.452 e. The minimum atomic E-state index is -0.643. The monoisotopic (exact) mass is 390 g/mol. The lowest BCUT2D eigenvalue weighted by Crippen LogP contribution is -2.44. The van der Waals surface area contributed by atoms with Crippen LogP contribution in [0.3, 0.4) is 0 Å². The van der Waals surface area contributed by atoms with E-state index in [9.17, 15) is 9.59 Å². The summed E-state index contributed by atoms with van der Waals surface area (Å²) >= 11 is 6.21. The number of ether oxygens (including phenoxy) is 1. The standard InChI is InChI=1S/C20H23ClN2O4/c1-12-8-13(2)10-23(9-12)17(24)11-26-20(25)18-14(3)27-22-19(18)15-6-4-5-7-16(15)21/h4-7,12-13H,8-11H2,1-3H3/t12-,13-/m1/s1. The molecule has 27 heavy (non-hydrogen) atoms. The molecule has 0 N–H and O–H groups in total. The molecule has 3 rings (SSSR count). The number of hydrogen-bond acceptors (Lipinski definition) is 5. The van der Waals surface area contributed by atoms with Crippen molar-refractivity contribution in [2.24, 2.45) is 11.8 Å². The first-order valence-corrected chi connectivity index (χ1v) is 9.40. The average molecular weight is 391 g/mol. The van der Waals surface area contributed by atoms with Gasteiger partial charge in [-0.05, 0) is 31.2 Å². The molecule has 2 atom stereocenters. The van der Waals surface area contributed by atoms with Crippen LogP contribution in [-0.2, 0) is 9.53 Å². The van der Waals surface area contributed by atoms with Gasteiger partial charge in [-0.2, -0.15) is 0 Å². The second-order valence-corrected chi connectivity index (χ2v) is 7.67. The number of aryl methyl sites for hydroxylation is 1. The number of likely N-dealkylation sites (tertiary alicyclic amines) is 1. The van der Waals surface area contributed by atoms with Crippen LogP contribution in [0.1, 0.15) is 36.4 Å². The van der Waals surface area contributed by atoms with Crippen molar-refractivity contribution >= 4 is 23.5 Å². The van der Waals surface area contributed by atoms with E-state index < -0.39 is 5.97 Å². The highest BCUT2D eigenvalue weighted by Crippen LogP contribution is 2.31. The molecule has 6 nitrogen and oxygen atoms in total. The zero-order chi connectivity index (χ0) is 19.6. The van der Waals surface area contributed by atoms with Crippen molar-refractivity contribution in [1.29, 1.82) is 0 Å². The van der Waals surface area contributed by atoms with Crippen molar-refractivity contribution in [2.45, 2.75) is 27.2 Å². The molecule has 1 aromatic carbocycles. The number of hydrogen-bond donors (Lipinski definition) is 0. The van der Waals surface area contributed by atoms with Crippen LogP contribution in [0.15, 0.2) is 28.8 Å². The lowest BCUT2D eigenvalue weighted by molar-refractivity contribution is -0.137. The molecule has 0 radical (unpaired) electrons. The van der Waals surface area contributed by atoms with Gasteiger partial charge in [0.2, 0.25) is 0 Å². The summed E-state index contributed by atoms with van der Waals surface area (Å²) in [5.41, 5.74) is 1.08. The fraction of sp³-hybridized carbons (Fsp3) is 0.450. The van der Waals surface area contributed by atoms with Crippen LogP contribution < -0.4 is 0 Å². The minimum Gasteiger partial charge on any atom is -0.452 e. The summed E-state index contributed by atoms with van der Waals surface area (Å²) in [6, 6.07) is 7.04. The van der Waals surface area contributed by atoms with E-state index in [1.807, 2.05) is 0 Å². The average Bonchev–Trinajstić information content (AvgIpc) is 3.00. The quantitative estimate of drug-likeness (QED) is 0.738. The number of esters is 1. The molecule has 1 aromatic heterocycles. The molecule has 0 aliphatic carbocycles. The van der Waals surface area contributed by atoms with Crippen molar-refractivity contribution in [2.75, 3.05) is 19.7 Å². The first kappa shape index (κ1) is 19.4. The molecule has 0 unspecified atom stereocenters. The number of benzene rings is 1. The Morgan fingerprint density at radius 2 is 1.93 bits per heavy atom. The second-order valence-electron chi connectivity index (χ2n) is 7.26. The SMILES string of the molecule is Cc1onc(-c2ccccc2Cl)c1C(=O)OCC(=O)N1C[C@H](C)C[C@@H](C)C1. The molecule has 7 heteroatoms. The number of nitrogens with zero attached hydrogens (tertiary/aromatic N) is 2. The van der Waals surface area contributed by atoms with Gasteiger partial charge in [0.15, 0.2) is 6.61 Å². The van der Waals surface area contributed by atoms with E-state index in [0.29, 0.717) is 47.0 Å². The van der Waals surface area contributed by atoms with Gasteiger partial charge in [0.05, 0.1) is 5.02 Å². The highest BCUT2D eigenvalue weighted by molar-refractivity contribution is 6.33. The Morgan fingerprint density at radius 3 is 2.59 bits per heavy atom. The van der Waals surface area contributed by atoms with Crippen molar-refractivity contribution in [3.8, 4) is 11.3 Å². The molecule has 0 bridgehead atoms. The Balaban J connectivity index is 1.71. The number of rotatable bonds is 4. The molecule has 2 heterocycles. The fourth-order valence-electron chi connectivity index (χ4n) is 3.61. The van der Waals surface area contributed by atoms with Crippen LogP contribution in [0, 0.1) is 18.8 Å². The molecule has 0 spiro atoms. The van der Waals surface area contributed by atoms with Crippen LogP contribution in [0.4, 0.5) is 0 Å². The molecule has 1 amide bonds. The van der Waals surface area contributed by atoms with Crippen LogP contribution in [0.2, 0.25) is 5.02 Å². The number of piperidine rings is 1. The lowest BCUT2D eigenvalue weighted by Gasteiger charge is -2.34. The Kier molecular flexibility index (Phi) is 5.85. The molecular formula is C20H23ClN2O4. The van der Waals surface area contributed by atoms with Gasteiger partial charge in [-0.3, -0.25) is 4.79 Å². The maximum absolute atomic E-state index is 12.6. The summed E-state index contributed by atoms with van der Waals surface area (Å²) in [6.07, 6.45) is 1.10. The predicted molar refractivity (Wildman–Crippen MR) is 101 cm³/mol. The van der Waals surface area contributed by atoms with Crippen molar-refractivity contribution in [3.05, 3.63) is 40.6 Å². The first-order chi connectivity index (χ1) is 12.9. The summed E-state index contributed by atoms with van der Waals surface area (Å²) in [5.74, 6) is 0.383. The Labute approximate surface area is 163 Å². The lowest BCUT2D eigenvalue weighted by atomic mass is 9.92. The molecule has 144 valence electrons. The Bertz CT molecular complexity index is 838. The van der Waals surface area contributed by atoms with E-state index in [1.54, 1.807) is 36.1 Å². The van der Waals surface area contributed by atoms with Gasteiger partial charge >= 0.3 is 5.97 Å². The molecule has 1 saturated heterocycles. The smallest absolute Gasteiger partial charge is 0.344 e. The van der Waals surface area contributed by atoms with E-state index >= 15 is 0 Å². The summed E-state index contributed by atoms with van der Waals surface area (Å²) in [4.78, 5) is 26.8. The van der Waals surface area contributed by atoms with Gasteiger partial charge in [0, 0.05) is 18.7 Å². The van der Waals surface area contributed by atoms with Gasteiger partial charge in [-0.1, -0.05) is 48.8 Å². The minimum absolute atomic E-state index is 0.185. The maximum Gasteiger partial charge on any atom is 0.344 e. The Hall–Kier alpha value is -2.34. The van der Waals surface area contributed by atoms with Crippen LogP contribution in [-0.4, -0.2) is 41.6 Å². The third-order valence-electron chi connectivity index (χ3n) is 4.74. The summed E-state index contributed by atoms with van der Waals surface area (Å²) in [6.45, 7) is 6.96. The van der Waals surface area contributed by atoms with Crippen molar-refractivity contribution < 1.29 is 18.8 Å². The molecule has 1 aliphatic rings. The molecule has 1 aliphatic heterocycles. The molecule has 2 aromatic rings. The van der Waals surface area contributed by atoms with Gasteiger partial charge in [0.1, 0.15) is 17.0 Å². The summed E-state index contributed by atoms with van der Waals surface area (Å²) in [7, 11) is 0. The van der Waals surface area contributed by atoms with E-state index in [1.165, 1.54) is 0 Å². The zero-order valence-electron chi connectivity index (χ0n) is 15.7. The van der Waals surface area contributed by atoms with E-state index in [2.05, 4.69) is 19.0 Å². The van der Waals surface area contributed by atoms with Gasteiger partial charge < -0.3 is 14.2 Å². The third-order valence-corrected chi connectivity index (χ3v) is 5.07. The zero-order valence-corrected chi connectivity index (χ0v) is 16.5. The van der Waals surface area contributed by atoms with E-state index in [0.717, 1.165) is 6.42 Å². The number of carbonyl (C=O) groups excluding carboxylic acids is 2. The van der Waals surface area contributed by atoms with E-state index in [-0.39, 0.29) is 18.1 Å². The summed E-state index contributed by atoms with van der Waals surface area (Å²) < 4.78 is 10.5. The number of aromatic nitrogens is 1. The molecule has 0 saturated carbocycles. The normalized spacial score (nSPS) is 19.8. The van der Waals surface area contributed by atoms with Crippen molar-refractivity contribution in [1.82, 2.24) is 10.1 Å². The van der Waals surface area contributed by atoms with Gasteiger partial charge in [0.25, 0.3) is 5.91 Å². The summed E-state index contributed by atoms with van der Waals surface area (Å²) in [5, 5.41) is 4.40. The van der Waals surface area contributed by atoms with Gasteiger partial charge in [-0.15, -0.1) is 0 Å². The topological polar surface area (TPSA) is 72.6 Å². The highest BCUT2D eigenvalue weighted by atomic mass is 35.5. The van der Waals surface area contributed by atoms with E-state index in [4.69, 9.17) is 20.9 Å². The van der Waals surface area contributed by atoms with Crippen molar-refractivity contribution in [3.63, 3.8) is 0 Å². The number of halogens is 1. The first-order valence-electron chi connectivity index (χ1n) is 9.02. The maximum atomic E-state index is 12.6.